The molecule has 0 atom stereocenters. The van der Waals surface area contributed by atoms with Crippen LogP contribution in [0.1, 0.15) is 10.5 Å². The number of rotatable bonds is 2. The zero-order valence-electron chi connectivity index (χ0n) is 10.1. The first kappa shape index (κ1) is 11.5. The Morgan fingerprint density at radius 2 is 2.11 bits per heavy atom. The molecule has 3 aromatic rings. The minimum atomic E-state index is -0.986. The summed E-state index contributed by atoms with van der Waals surface area (Å²) >= 11 is 0. The molecule has 0 spiro atoms. The van der Waals surface area contributed by atoms with Gasteiger partial charge in [-0.2, -0.15) is 0 Å². The van der Waals surface area contributed by atoms with E-state index in [1.165, 1.54) is 12.1 Å². The molecule has 0 radical (unpaired) electrons. The number of nitrogens with one attached hydrogen (secondary N) is 1. The smallest absolute Gasteiger partial charge is 0.352 e. The summed E-state index contributed by atoms with van der Waals surface area (Å²) in [5.74, 6) is -1.31. The van der Waals surface area contributed by atoms with E-state index >= 15 is 0 Å². The van der Waals surface area contributed by atoms with Gasteiger partial charge in [0.25, 0.3) is 0 Å². The van der Waals surface area contributed by atoms with Crippen molar-refractivity contribution in [2.75, 3.05) is 0 Å². The number of nitrogens with zero attached hydrogens (tertiary/aromatic N) is 1. The maximum absolute atomic E-state index is 13.6. The summed E-state index contributed by atoms with van der Waals surface area (Å²) in [7, 11) is 1.68. The van der Waals surface area contributed by atoms with E-state index in [-0.39, 0.29) is 11.5 Å². The highest BCUT2D eigenvalue weighted by molar-refractivity contribution is 5.96. The SMILES string of the molecule is Cn1c(C(=O)O)ccc1-c1c[nH]c2c(F)cccc12. The Bertz CT molecular complexity index is 786. The van der Waals surface area contributed by atoms with Gasteiger partial charge >= 0.3 is 5.97 Å². The third kappa shape index (κ3) is 1.62. The molecule has 0 amide bonds. The monoisotopic (exact) mass is 258 g/mol. The van der Waals surface area contributed by atoms with E-state index in [2.05, 4.69) is 4.98 Å². The predicted molar refractivity (Wildman–Crippen MR) is 69.6 cm³/mol. The number of H-pyrrole nitrogens is 1. The lowest BCUT2D eigenvalue weighted by Crippen LogP contribution is -2.04. The average molecular weight is 258 g/mol. The number of para-hydroxylation sites is 1. The second-order valence-corrected chi connectivity index (χ2v) is 4.33. The molecule has 19 heavy (non-hydrogen) atoms. The van der Waals surface area contributed by atoms with Crippen LogP contribution in [0.5, 0.6) is 0 Å². The van der Waals surface area contributed by atoms with Gasteiger partial charge in [-0.3, -0.25) is 0 Å². The molecule has 0 unspecified atom stereocenters. The van der Waals surface area contributed by atoms with Gasteiger partial charge in [0, 0.05) is 24.2 Å². The summed E-state index contributed by atoms with van der Waals surface area (Å²) in [5, 5.41) is 9.78. The van der Waals surface area contributed by atoms with Crippen LogP contribution in [0.4, 0.5) is 4.39 Å². The molecule has 4 nitrogen and oxygen atoms in total. The number of aromatic nitrogens is 2. The van der Waals surface area contributed by atoms with Crippen LogP contribution >= 0.6 is 0 Å². The highest BCUT2D eigenvalue weighted by atomic mass is 19.1. The molecule has 5 heteroatoms. The van der Waals surface area contributed by atoms with Crippen molar-refractivity contribution in [1.82, 2.24) is 9.55 Å². The van der Waals surface area contributed by atoms with Crippen molar-refractivity contribution in [2.45, 2.75) is 0 Å². The first-order valence-corrected chi connectivity index (χ1v) is 5.74. The van der Waals surface area contributed by atoms with Crippen LogP contribution < -0.4 is 0 Å². The van der Waals surface area contributed by atoms with Gasteiger partial charge in [-0.15, -0.1) is 0 Å². The van der Waals surface area contributed by atoms with E-state index in [4.69, 9.17) is 5.11 Å². The van der Waals surface area contributed by atoms with E-state index in [0.29, 0.717) is 5.52 Å². The van der Waals surface area contributed by atoms with Crippen molar-refractivity contribution in [3.8, 4) is 11.3 Å². The third-order valence-electron chi connectivity index (χ3n) is 3.28. The quantitative estimate of drug-likeness (QED) is 0.742. The number of aromatic amines is 1. The molecule has 2 aromatic heterocycles. The number of carboxylic acid groups (broad SMARTS) is 1. The molecule has 2 N–H and O–H groups in total. The second-order valence-electron chi connectivity index (χ2n) is 4.33. The molecule has 0 saturated carbocycles. The van der Waals surface area contributed by atoms with E-state index in [1.54, 1.807) is 36.0 Å². The minimum Gasteiger partial charge on any atom is -0.477 e. The summed E-state index contributed by atoms with van der Waals surface area (Å²) in [4.78, 5) is 13.9. The van der Waals surface area contributed by atoms with Gasteiger partial charge in [-0.25, -0.2) is 9.18 Å². The van der Waals surface area contributed by atoms with Gasteiger partial charge in [0.2, 0.25) is 0 Å². The van der Waals surface area contributed by atoms with Crippen LogP contribution in [-0.2, 0) is 7.05 Å². The molecule has 3 rings (SSSR count). The maximum atomic E-state index is 13.6. The van der Waals surface area contributed by atoms with Gasteiger partial charge in [-0.05, 0) is 18.2 Å². The van der Waals surface area contributed by atoms with Gasteiger partial charge in [0.1, 0.15) is 11.5 Å². The van der Waals surface area contributed by atoms with Crippen LogP contribution in [0, 0.1) is 5.82 Å². The summed E-state index contributed by atoms with van der Waals surface area (Å²) in [6, 6.07) is 8.08. The topological polar surface area (TPSA) is 58.0 Å². The predicted octanol–water partition coefficient (Wildman–Crippen LogP) is 3.01. The fourth-order valence-corrected chi connectivity index (χ4v) is 2.33. The van der Waals surface area contributed by atoms with Crippen molar-refractivity contribution in [3.63, 3.8) is 0 Å². The molecule has 0 aliphatic heterocycles. The van der Waals surface area contributed by atoms with Crippen LogP contribution in [0.25, 0.3) is 22.2 Å². The number of fused-ring (bicyclic) bond motifs is 1. The van der Waals surface area contributed by atoms with Crippen molar-refractivity contribution in [3.05, 3.63) is 48.0 Å². The van der Waals surface area contributed by atoms with Gasteiger partial charge in [0.05, 0.1) is 11.2 Å². The normalized spacial score (nSPS) is 11.1. The molecule has 0 saturated heterocycles. The first-order valence-electron chi connectivity index (χ1n) is 5.74. The van der Waals surface area contributed by atoms with Crippen molar-refractivity contribution < 1.29 is 14.3 Å². The Hall–Kier alpha value is -2.56. The average Bonchev–Trinajstić information content (AvgIpc) is 2.93. The zero-order chi connectivity index (χ0) is 13.6. The van der Waals surface area contributed by atoms with Gasteiger partial charge in [0.15, 0.2) is 0 Å². The van der Waals surface area contributed by atoms with Crippen molar-refractivity contribution >= 4 is 16.9 Å². The van der Waals surface area contributed by atoms with Crippen LogP contribution in [0.2, 0.25) is 0 Å². The number of carbonyl (C=O) groups is 1. The summed E-state index contributed by atoms with van der Waals surface area (Å²) < 4.78 is 15.2. The standard InChI is InChI=1S/C14H11FN2O2/c1-17-11(5-6-12(17)14(18)19)9-7-16-13-8(9)3-2-4-10(13)15/h2-7,16H,1H3,(H,18,19). The van der Waals surface area contributed by atoms with E-state index < -0.39 is 5.97 Å². The fourth-order valence-electron chi connectivity index (χ4n) is 2.33. The zero-order valence-corrected chi connectivity index (χ0v) is 10.1. The second kappa shape index (κ2) is 3.98. The third-order valence-corrected chi connectivity index (χ3v) is 3.28. The largest absolute Gasteiger partial charge is 0.477 e. The van der Waals surface area contributed by atoms with Crippen LogP contribution in [0.15, 0.2) is 36.5 Å². The number of hydrogen-bond donors (Lipinski definition) is 2. The lowest BCUT2D eigenvalue weighted by Gasteiger charge is -2.04. The van der Waals surface area contributed by atoms with Gasteiger partial charge in [-0.1, -0.05) is 12.1 Å². The fraction of sp³-hybridized carbons (Fsp3) is 0.0714. The molecule has 1 aromatic carbocycles. The molecular formula is C14H11FN2O2. The Morgan fingerprint density at radius 3 is 2.79 bits per heavy atom. The molecule has 2 heterocycles. The molecule has 96 valence electrons. The highest BCUT2D eigenvalue weighted by Crippen LogP contribution is 2.30. The van der Waals surface area contributed by atoms with Gasteiger partial charge < -0.3 is 14.7 Å². The highest BCUT2D eigenvalue weighted by Gasteiger charge is 2.15. The van der Waals surface area contributed by atoms with Crippen molar-refractivity contribution in [1.29, 1.82) is 0 Å². The summed E-state index contributed by atoms with van der Waals surface area (Å²) in [5.41, 5.74) is 2.13. The summed E-state index contributed by atoms with van der Waals surface area (Å²) in [6.45, 7) is 0. The van der Waals surface area contributed by atoms with E-state index in [0.717, 1.165) is 16.6 Å². The maximum Gasteiger partial charge on any atom is 0.352 e. The number of carboxylic acids is 1. The lowest BCUT2D eigenvalue weighted by atomic mass is 10.1. The minimum absolute atomic E-state index is 0.195. The van der Waals surface area contributed by atoms with E-state index in [1.807, 2.05) is 0 Å². The Kier molecular flexibility index (Phi) is 2.41. The summed E-state index contributed by atoms with van der Waals surface area (Å²) in [6.07, 6.45) is 1.69. The Labute approximate surface area is 108 Å². The molecule has 0 fully saturated rings. The van der Waals surface area contributed by atoms with Crippen molar-refractivity contribution in [2.24, 2.45) is 7.05 Å². The number of benzene rings is 1. The van der Waals surface area contributed by atoms with E-state index in [9.17, 15) is 9.18 Å². The lowest BCUT2D eigenvalue weighted by molar-refractivity contribution is 0.0687. The number of hydrogen-bond acceptors (Lipinski definition) is 1. The molecular weight excluding hydrogens is 247 g/mol. The number of halogens is 1. The Balaban J connectivity index is 2.26. The van der Waals surface area contributed by atoms with Crippen LogP contribution in [0.3, 0.4) is 0 Å². The van der Waals surface area contributed by atoms with Crippen LogP contribution in [-0.4, -0.2) is 20.6 Å². The molecule has 0 aliphatic carbocycles. The molecule has 0 bridgehead atoms. The Morgan fingerprint density at radius 1 is 1.32 bits per heavy atom. The molecule has 0 aliphatic rings. The number of aromatic carboxylic acids is 1. The first-order chi connectivity index (χ1) is 9.09.